The number of carbonyl (C=O) groups excluding carboxylic acids is 1. The summed E-state index contributed by atoms with van der Waals surface area (Å²) in [4.78, 5) is 18.5. The lowest BCUT2D eigenvalue weighted by atomic mass is 9.91. The van der Waals surface area contributed by atoms with Crippen LogP contribution in [0.15, 0.2) is 35.7 Å². The third-order valence-corrected chi connectivity index (χ3v) is 7.95. The third-order valence-electron chi connectivity index (χ3n) is 5.83. The standard InChI is InChI=1S/C19H20ClF3N4O3S/c1-25-10-16(24-11-25)31(29,30)26-8-12-4-3-7-27(15(12)9-26)18(28)13-5-2-6-14(17(13)20)19(21,22)23/h2,5-6,10-12,15H,3-4,7-9H2,1H3. The lowest BCUT2D eigenvalue weighted by Gasteiger charge is -2.37. The molecule has 1 aromatic heterocycles. The molecule has 2 fully saturated rings. The lowest BCUT2D eigenvalue weighted by molar-refractivity contribution is -0.137. The van der Waals surface area contributed by atoms with Gasteiger partial charge in [0.15, 0.2) is 5.03 Å². The molecule has 168 valence electrons. The normalized spacial score (nSPS) is 22.5. The van der Waals surface area contributed by atoms with Gasteiger partial charge in [-0.15, -0.1) is 0 Å². The molecule has 3 heterocycles. The van der Waals surface area contributed by atoms with E-state index >= 15 is 0 Å². The van der Waals surface area contributed by atoms with Crippen molar-refractivity contribution >= 4 is 27.5 Å². The number of hydrogen-bond acceptors (Lipinski definition) is 4. The average Bonchev–Trinajstić information content (AvgIpc) is 3.33. The summed E-state index contributed by atoms with van der Waals surface area (Å²) in [7, 11) is -2.17. The summed E-state index contributed by atoms with van der Waals surface area (Å²) in [6, 6.07) is 2.80. The Labute approximate surface area is 182 Å². The lowest BCUT2D eigenvalue weighted by Crippen LogP contribution is -2.48. The van der Waals surface area contributed by atoms with E-state index in [4.69, 9.17) is 11.6 Å². The summed E-state index contributed by atoms with van der Waals surface area (Å²) in [5.74, 6) is -0.733. The molecule has 2 aliphatic heterocycles. The zero-order valence-electron chi connectivity index (χ0n) is 16.5. The van der Waals surface area contributed by atoms with Crippen molar-refractivity contribution in [1.29, 1.82) is 0 Å². The van der Waals surface area contributed by atoms with Crippen molar-refractivity contribution in [2.24, 2.45) is 13.0 Å². The molecule has 4 rings (SSSR count). The second-order valence-electron chi connectivity index (χ2n) is 7.83. The molecular formula is C19H20ClF3N4O3S. The van der Waals surface area contributed by atoms with Crippen LogP contribution in [0.1, 0.15) is 28.8 Å². The molecule has 12 heteroatoms. The monoisotopic (exact) mass is 476 g/mol. The van der Waals surface area contributed by atoms with E-state index in [-0.39, 0.29) is 29.6 Å². The van der Waals surface area contributed by atoms with Crippen molar-refractivity contribution in [3.8, 4) is 0 Å². The Bertz CT molecular complexity index is 1120. The van der Waals surface area contributed by atoms with Crippen molar-refractivity contribution < 1.29 is 26.4 Å². The topological polar surface area (TPSA) is 75.5 Å². The number of amides is 1. The predicted molar refractivity (Wildman–Crippen MR) is 106 cm³/mol. The zero-order valence-corrected chi connectivity index (χ0v) is 18.1. The van der Waals surface area contributed by atoms with Gasteiger partial charge in [0.2, 0.25) is 0 Å². The summed E-state index contributed by atoms with van der Waals surface area (Å²) in [6.07, 6.45) is -0.539. The summed E-state index contributed by atoms with van der Waals surface area (Å²) < 4.78 is 68.3. The fourth-order valence-electron chi connectivity index (χ4n) is 4.32. The Hall–Kier alpha value is -2.11. The molecule has 0 saturated carbocycles. The highest BCUT2D eigenvalue weighted by Gasteiger charge is 2.46. The molecule has 31 heavy (non-hydrogen) atoms. The number of halogens is 4. The van der Waals surface area contributed by atoms with Gasteiger partial charge in [0.1, 0.15) is 0 Å². The van der Waals surface area contributed by atoms with Crippen molar-refractivity contribution in [3.05, 3.63) is 46.9 Å². The van der Waals surface area contributed by atoms with Crippen LogP contribution in [0.25, 0.3) is 0 Å². The number of hydrogen-bond donors (Lipinski definition) is 0. The molecule has 0 N–H and O–H groups in total. The summed E-state index contributed by atoms with van der Waals surface area (Å²) in [6.45, 7) is 0.611. The maximum atomic E-state index is 13.2. The van der Waals surface area contributed by atoms with Crippen molar-refractivity contribution in [3.63, 3.8) is 0 Å². The molecule has 0 radical (unpaired) electrons. The van der Waals surface area contributed by atoms with Gasteiger partial charge in [0.05, 0.1) is 22.5 Å². The minimum absolute atomic E-state index is 0.0614. The van der Waals surface area contributed by atoms with E-state index in [9.17, 15) is 26.4 Å². The highest BCUT2D eigenvalue weighted by atomic mass is 35.5. The number of fused-ring (bicyclic) bond motifs is 1. The van der Waals surface area contributed by atoms with Gasteiger partial charge in [0.25, 0.3) is 15.9 Å². The largest absolute Gasteiger partial charge is 0.417 e. The Morgan fingerprint density at radius 1 is 1.26 bits per heavy atom. The first-order chi connectivity index (χ1) is 14.5. The van der Waals surface area contributed by atoms with E-state index in [0.717, 1.165) is 18.6 Å². The third kappa shape index (κ3) is 3.94. The zero-order chi connectivity index (χ0) is 22.6. The second kappa shape index (κ2) is 7.79. The van der Waals surface area contributed by atoms with Crippen LogP contribution in [0.5, 0.6) is 0 Å². The first kappa shape index (κ1) is 22.1. The number of piperidine rings is 1. The van der Waals surface area contributed by atoms with E-state index in [1.165, 1.54) is 32.4 Å². The van der Waals surface area contributed by atoms with Crippen LogP contribution in [0.3, 0.4) is 0 Å². The van der Waals surface area contributed by atoms with Crippen LogP contribution in [0.4, 0.5) is 13.2 Å². The number of aromatic nitrogens is 2. The van der Waals surface area contributed by atoms with Gasteiger partial charge in [-0.2, -0.15) is 17.5 Å². The highest BCUT2D eigenvalue weighted by Crippen LogP contribution is 2.38. The van der Waals surface area contributed by atoms with Crippen molar-refractivity contribution in [1.82, 2.24) is 18.8 Å². The number of carbonyl (C=O) groups is 1. The summed E-state index contributed by atoms with van der Waals surface area (Å²) >= 11 is 5.95. The minimum Gasteiger partial charge on any atom is -0.339 e. The predicted octanol–water partition coefficient (Wildman–Crippen LogP) is 3.02. The number of benzene rings is 1. The van der Waals surface area contributed by atoms with Crippen LogP contribution in [-0.2, 0) is 23.2 Å². The van der Waals surface area contributed by atoms with Crippen LogP contribution in [0, 0.1) is 5.92 Å². The second-order valence-corrected chi connectivity index (χ2v) is 10.1. The molecule has 0 spiro atoms. The molecule has 0 aliphatic carbocycles. The minimum atomic E-state index is -4.68. The number of imidazole rings is 1. The quantitative estimate of drug-likeness (QED) is 0.682. The molecule has 2 aromatic rings. The maximum absolute atomic E-state index is 13.2. The number of sulfonamides is 1. The van der Waals surface area contributed by atoms with E-state index in [0.29, 0.717) is 13.0 Å². The van der Waals surface area contributed by atoms with E-state index in [2.05, 4.69) is 4.98 Å². The molecule has 2 unspecified atom stereocenters. The SMILES string of the molecule is Cn1cnc(S(=O)(=O)N2CC3CCCN(C(=O)c4cccc(C(F)(F)F)c4Cl)C3C2)c1. The van der Waals surface area contributed by atoms with Crippen LogP contribution in [-0.4, -0.2) is 58.8 Å². The fraction of sp³-hybridized carbons (Fsp3) is 0.474. The Morgan fingerprint density at radius 2 is 2.00 bits per heavy atom. The molecule has 2 atom stereocenters. The molecule has 1 aromatic carbocycles. The van der Waals surface area contributed by atoms with Crippen LogP contribution < -0.4 is 0 Å². The number of rotatable bonds is 3. The van der Waals surface area contributed by atoms with Gasteiger partial charge in [-0.1, -0.05) is 17.7 Å². The van der Waals surface area contributed by atoms with Gasteiger partial charge in [-0.3, -0.25) is 4.79 Å². The van der Waals surface area contributed by atoms with Gasteiger partial charge >= 0.3 is 6.18 Å². The summed E-state index contributed by atoms with van der Waals surface area (Å²) in [5, 5.41) is -0.717. The number of nitrogens with zero attached hydrogens (tertiary/aromatic N) is 4. The molecular weight excluding hydrogens is 457 g/mol. The Balaban J connectivity index is 1.61. The Morgan fingerprint density at radius 3 is 2.65 bits per heavy atom. The van der Waals surface area contributed by atoms with Crippen LogP contribution in [0.2, 0.25) is 5.02 Å². The summed E-state index contributed by atoms with van der Waals surface area (Å²) in [5.41, 5.74) is -1.30. The van der Waals surface area contributed by atoms with Crippen molar-refractivity contribution in [2.45, 2.75) is 30.1 Å². The van der Waals surface area contributed by atoms with Gasteiger partial charge in [-0.05, 0) is 30.9 Å². The first-order valence-corrected chi connectivity index (χ1v) is 11.5. The molecule has 7 nitrogen and oxygen atoms in total. The number of likely N-dealkylation sites (tertiary alicyclic amines) is 1. The molecule has 1 amide bonds. The smallest absolute Gasteiger partial charge is 0.339 e. The van der Waals surface area contributed by atoms with Gasteiger partial charge in [-0.25, -0.2) is 13.4 Å². The van der Waals surface area contributed by atoms with Gasteiger partial charge < -0.3 is 9.47 Å². The first-order valence-electron chi connectivity index (χ1n) is 9.65. The molecule has 0 bridgehead atoms. The van der Waals surface area contributed by atoms with E-state index in [1.54, 1.807) is 7.05 Å². The van der Waals surface area contributed by atoms with Crippen LogP contribution >= 0.6 is 11.6 Å². The molecule has 2 aliphatic rings. The maximum Gasteiger partial charge on any atom is 0.417 e. The number of aryl methyl sites for hydroxylation is 1. The van der Waals surface area contributed by atoms with Gasteiger partial charge in [0, 0.05) is 38.9 Å². The highest BCUT2D eigenvalue weighted by molar-refractivity contribution is 7.89. The van der Waals surface area contributed by atoms with Crippen molar-refractivity contribution in [2.75, 3.05) is 19.6 Å². The Kier molecular flexibility index (Phi) is 5.55. The number of alkyl halides is 3. The average molecular weight is 477 g/mol. The van der Waals surface area contributed by atoms with E-state index < -0.39 is 38.7 Å². The molecule has 2 saturated heterocycles. The fourth-order valence-corrected chi connectivity index (χ4v) is 6.11. The van der Waals surface area contributed by atoms with E-state index in [1.807, 2.05) is 0 Å².